The number of rotatable bonds is 3. The van der Waals surface area contributed by atoms with E-state index in [2.05, 4.69) is 0 Å². The highest BCUT2D eigenvalue weighted by atomic mass is 32.2. The summed E-state index contributed by atoms with van der Waals surface area (Å²) in [4.78, 5) is -0.300. The van der Waals surface area contributed by atoms with Crippen LogP contribution in [0.4, 0.5) is 4.39 Å². The summed E-state index contributed by atoms with van der Waals surface area (Å²) in [7, 11) is -3.73. The van der Waals surface area contributed by atoms with Crippen molar-refractivity contribution in [3.8, 4) is 0 Å². The number of hydrogen-bond acceptors (Lipinski definition) is 3. The molecule has 0 bridgehead atoms. The maximum Gasteiger partial charge on any atom is 0.246 e. The molecule has 0 unspecified atom stereocenters. The van der Waals surface area contributed by atoms with Gasteiger partial charge in [-0.05, 0) is 12.1 Å². The molecule has 0 atom stereocenters. The second-order valence-electron chi connectivity index (χ2n) is 3.80. The quantitative estimate of drug-likeness (QED) is 0.840. The number of halogens is 1. The van der Waals surface area contributed by atoms with E-state index in [1.165, 1.54) is 22.5 Å². The van der Waals surface area contributed by atoms with Gasteiger partial charge in [-0.15, -0.1) is 0 Å². The average molecular weight is 245 g/mol. The number of benzene rings is 1. The molecule has 4 nitrogen and oxygen atoms in total. The van der Waals surface area contributed by atoms with Crippen molar-refractivity contribution in [1.82, 2.24) is 4.31 Å². The second kappa shape index (κ2) is 4.12. The Balaban J connectivity index is 2.24. The van der Waals surface area contributed by atoms with Gasteiger partial charge in [-0.2, -0.15) is 4.31 Å². The second-order valence-corrected chi connectivity index (χ2v) is 5.71. The van der Waals surface area contributed by atoms with Gasteiger partial charge in [0.05, 0.1) is 0 Å². The summed E-state index contributed by atoms with van der Waals surface area (Å²) in [5.41, 5.74) is 0. The summed E-state index contributed by atoms with van der Waals surface area (Å²) in [6.07, 6.45) is 0. The SMILES string of the molecule is O=S(=O)(c1ccccc1F)N1CC(CO)C1. The zero-order valence-electron chi connectivity index (χ0n) is 8.51. The molecule has 88 valence electrons. The molecule has 1 aromatic rings. The molecule has 6 heteroatoms. The molecule has 1 N–H and O–H groups in total. The molecule has 1 aromatic carbocycles. The van der Waals surface area contributed by atoms with Crippen LogP contribution in [-0.4, -0.2) is 37.5 Å². The van der Waals surface area contributed by atoms with E-state index in [1.807, 2.05) is 0 Å². The minimum absolute atomic E-state index is 0.0263. The highest BCUT2D eigenvalue weighted by Gasteiger charge is 2.37. The molecule has 0 saturated carbocycles. The summed E-state index contributed by atoms with van der Waals surface area (Å²) in [6, 6.07) is 5.30. The normalized spacial score (nSPS) is 18.4. The van der Waals surface area contributed by atoms with E-state index in [9.17, 15) is 12.8 Å². The van der Waals surface area contributed by atoms with Crippen molar-refractivity contribution in [2.45, 2.75) is 4.90 Å². The lowest BCUT2D eigenvalue weighted by Crippen LogP contribution is -2.51. The fraction of sp³-hybridized carbons (Fsp3) is 0.400. The molecule has 0 amide bonds. The van der Waals surface area contributed by atoms with Gasteiger partial charge < -0.3 is 5.11 Å². The van der Waals surface area contributed by atoms with E-state index in [0.29, 0.717) is 0 Å². The molecule has 0 radical (unpaired) electrons. The highest BCUT2D eigenvalue weighted by Crippen LogP contribution is 2.26. The third kappa shape index (κ3) is 1.83. The minimum Gasteiger partial charge on any atom is -0.396 e. The van der Waals surface area contributed by atoms with E-state index >= 15 is 0 Å². The van der Waals surface area contributed by atoms with Gasteiger partial charge in [0.1, 0.15) is 10.7 Å². The van der Waals surface area contributed by atoms with Crippen LogP contribution in [0, 0.1) is 11.7 Å². The van der Waals surface area contributed by atoms with Crippen molar-refractivity contribution in [3.05, 3.63) is 30.1 Å². The van der Waals surface area contributed by atoms with Gasteiger partial charge >= 0.3 is 0 Å². The molecular formula is C10H12FNO3S. The molecule has 1 aliphatic heterocycles. The molecule has 0 aliphatic carbocycles. The largest absolute Gasteiger partial charge is 0.396 e. The van der Waals surface area contributed by atoms with Crippen LogP contribution in [0.3, 0.4) is 0 Å². The Morgan fingerprint density at radius 2 is 2.00 bits per heavy atom. The Hall–Kier alpha value is -0.980. The van der Waals surface area contributed by atoms with Crippen molar-refractivity contribution in [2.75, 3.05) is 19.7 Å². The first kappa shape index (κ1) is 11.5. The van der Waals surface area contributed by atoms with Gasteiger partial charge in [-0.25, -0.2) is 12.8 Å². The predicted octanol–water partition coefficient (Wildman–Crippen LogP) is 0.439. The third-order valence-corrected chi connectivity index (χ3v) is 4.50. The summed E-state index contributed by atoms with van der Waals surface area (Å²) in [5.74, 6) is -0.767. The molecule has 0 spiro atoms. The maximum absolute atomic E-state index is 13.3. The number of hydrogen-bond donors (Lipinski definition) is 1. The average Bonchev–Trinajstić information content (AvgIpc) is 2.16. The van der Waals surface area contributed by atoms with E-state index < -0.39 is 15.8 Å². The molecule has 1 aliphatic rings. The molecule has 16 heavy (non-hydrogen) atoms. The van der Waals surface area contributed by atoms with E-state index in [0.717, 1.165) is 6.07 Å². The van der Waals surface area contributed by atoms with Crippen LogP contribution >= 0.6 is 0 Å². The van der Waals surface area contributed by atoms with Crippen LogP contribution in [0.25, 0.3) is 0 Å². The first-order chi connectivity index (χ1) is 7.55. The number of nitrogens with zero attached hydrogens (tertiary/aromatic N) is 1. The van der Waals surface area contributed by atoms with Gasteiger partial charge in [0.2, 0.25) is 10.0 Å². The molecule has 1 saturated heterocycles. The third-order valence-electron chi connectivity index (χ3n) is 2.64. The number of aliphatic hydroxyl groups excluding tert-OH is 1. The van der Waals surface area contributed by atoms with Crippen LogP contribution in [-0.2, 0) is 10.0 Å². The van der Waals surface area contributed by atoms with Crippen LogP contribution < -0.4 is 0 Å². The Morgan fingerprint density at radius 1 is 1.38 bits per heavy atom. The summed E-state index contributed by atoms with van der Waals surface area (Å²) < 4.78 is 38.3. The van der Waals surface area contributed by atoms with Gasteiger partial charge in [0, 0.05) is 25.6 Å². The lowest BCUT2D eigenvalue weighted by Gasteiger charge is -2.36. The van der Waals surface area contributed by atoms with Gasteiger partial charge in [0.25, 0.3) is 0 Å². The minimum atomic E-state index is -3.73. The van der Waals surface area contributed by atoms with Gasteiger partial charge in [-0.1, -0.05) is 12.1 Å². The Bertz CT molecular complexity index is 483. The van der Waals surface area contributed by atoms with Crippen molar-refractivity contribution >= 4 is 10.0 Å². The first-order valence-corrected chi connectivity index (χ1v) is 6.35. The van der Waals surface area contributed by atoms with Crippen LogP contribution in [0.5, 0.6) is 0 Å². The van der Waals surface area contributed by atoms with Crippen LogP contribution in [0.2, 0.25) is 0 Å². The predicted molar refractivity (Wildman–Crippen MR) is 55.7 cm³/mol. The van der Waals surface area contributed by atoms with Crippen molar-refractivity contribution in [1.29, 1.82) is 0 Å². The molecular weight excluding hydrogens is 233 g/mol. The summed E-state index contributed by atoms with van der Waals surface area (Å²) in [6.45, 7) is 0.476. The van der Waals surface area contributed by atoms with E-state index in [-0.39, 0.29) is 30.5 Å². The van der Waals surface area contributed by atoms with Crippen molar-refractivity contribution in [2.24, 2.45) is 5.92 Å². The molecule has 0 aromatic heterocycles. The molecule has 2 rings (SSSR count). The Morgan fingerprint density at radius 3 is 2.56 bits per heavy atom. The highest BCUT2D eigenvalue weighted by molar-refractivity contribution is 7.89. The lowest BCUT2D eigenvalue weighted by atomic mass is 10.1. The Kier molecular flexibility index (Phi) is 2.96. The van der Waals surface area contributed by atoms with Crippen molar-refractivity contribution in [3.63, 3.8) is 0 Å². The van der Waals surface area contributed by atoms with Crippen LogP contribution in [0.15, 0.2) is 29.2 Å². The lowest BCUT2D eigenvalue weighted by molar-refractivity contribution is 0.117. The summed E-state index contributed by atoms with van der Waals surface area (Å²) >= 11 is 0. The maximum atomic E-state index is 13.3. The monoisotopic (exact) mass is 245 g/mol. The van der Waals surface area contributed by atoms with E-state index in [4.69, 9.17) is 5.11 Å². The molecule has 1 fully saturated rings. The Labute approximate surface area is 93.4 Å². The number of sulfonamides is 1. The summed E-state index contributed by atoms with van der Waals surface area (Å²) in [5, 5.41) is 8.80. The topological polar surface area (TPSA) is 57.6 Å². The number of aliphatic hydroxyl groups is 1. The zero-order valence-corrected chi connectivity index (χ0v) is 9.32. The van der Waals surface area contributed by atoms with Crippen molar-refractivity contribution < 1.29 is 17.9 Å². The zero-order chi connectivity index (χ0) is 11.8. The molecule has 1 heterocycles. The van der Waals surface area contributed by atoms with Crippen LogP contribution in [0.1, 0.15) is 0 Å². The smallest absolute Gasteiger partial charge is 0.246 e. The fourth-order valence-electron chi connectivity index (χ4n) is 1.63. The fourth-order valence-corrected chi connectivity index (χ4v) is 3.28. The standard InChI is InChI=1S/C10H12FNO3S/c11-9-3-1-2-4-10(9)16(14,15)12-5-8(6-12)7-13/h1-4,8,13H,5-7H2. The first-order valence-electron chi connectivity index (χ1n) is 4.91. The van der Waals surface area contributed by atoms with E-state index in [1.54, 1.807) is 0 Å². The van der Waals surface area contributed by atoms with Gasteiger partial charge in [0.15, 0.2) is 0 Å². The van der Waals surface area contributed by atoms with Gasteiger partial charge in [-0.3, -0.25) is 0 Å².